The van der Waals surface area contributed by atoms with Crippen molar-refractivity contribution in [2.24, 2.45) is 0 Å². The normalized spacial score (nSPS) is 11.7. The summed E-state index contributed by atoms with van der Waals surface area (Å²) in [5.41, 5.74) is 2.26. The van der Waals surface area contributed by atoms with Crippen molar-refractivity contribution in [2.45, 2.75) is 11.0 Å². The third kappa shape index (κ3) is 2.35. The first-order chi connectivity index (χ1) is 5.56. The lowest BCUT2D eigenvalue weighted by molar-refractivity contribution is 1.04. The fraction of sp³-hybridized carbons (Fsp3) is 0.333. The monoisotopic (exact) mass is 218 g/mol. The van der Waals surface area contributed by atoms with E-state index in [0.29, 0.717) is 5.88 Å². The number of hydrogen-bond donors (Lipinski definition) is 2. The first-order valence-corrected chi connectivity index (χ1v) is 5.07. The lowest BCUT2D eigenvalue weighted by Gasteiger charge is -2.19. The summed E-state index contributed by atoms with van der Waals surface area (Å²) in [5.74, 6) is 0.391. The zero-order valence-corrected chi connectivity index (χ0v) is 9.33. The van der Waals surface area contributed by atoms with Crippen molar-refractivity contribution < 1.29 is 0 Å². The van der Waals surface area contributed by atoms with Gasteiger partial charge in [0.05, 0.1) is 4.08 Å². The summed E-state index contributed by atoms with van der Waals surface area (Å²) in [5, 5.41) is 0. The average Bonchev–Trinajstić information content (AvgIpc) is 2.05. The van der Waals surface area contributed by atoms with Gasteiger partial charge in [0.15, 0.2) is 0 Å². The van der Waals surface area contributed by atoms with E-state index in [-0.39, 0.29) is 0 Å². The molecule has 0 nitrogen and oxygen atoms in total. The molecule has 1 aromatic carbocycles. The second-order valence-corrected chi connectivity index (χ2v) is 4.96. The molecule has 0 saturated carbocycles. The van der Waals surface area contributed by atoms with Gasteiger partial charge in [-0.3, -0.25) is 0 Å². The number of rotatable bonds is 2. The van der Waals surface area contributed by atoms with Gasteiger partial charge in [-0.1, -0.05) is 29.8 Å². The fourth-order valence-electron chi connectivity index (χ4n) is 0.898. The fourth-order valence-corrected chi connectivity index (χ4v) is 1.35. The van der Waals surface area contributed by atoms with Crippen molar-refractivity contribution in [1.82, 2.24) is 0 Å². The van der Waals surface area contributed by atoms with Crippen LogP contribution in [-0.4, -0.2) is 5.88 Å². The molecular weight excluding hydrogens is 208 g/mol. The van der Waals surface area contributed by atoms with Crippen LogP contribution in [0.5, 0.6) is 0 Å². The Balaban J connectivity index is 2.96. The van der Waals surface area contributed by atoms with Gasteiger partial charge in [0.2, 0.25) is 0 Å². The minimum absolute atomic E-state index is 0.391. The maximum Gasteiger partial charge on any atom is 0.0938 e. The minimum Gasteiger partial charge on any atom is -0.156 e. The Kier molecular flexibility index (Phi) is 3.38. The first-order valence-electron chi connectivity index (χ1n) is 3.64. The van der Waals surface area contributed by atoms with Crippen molar-refractivity contribution >= 4 is 36.9 Å². The molecule has 0 aromatic heterocycles. The Bertz CT molecular complexity index is 254. The maximum atomic E-state index is 5.71. The molecule has 0 spiro atoms. The van der Waals surface area contributed by atoms with Crippen LogP contribution < -0.4 is 0 Å². The molecular formula is C9H11ClS2. The van der Waals surface area contributed by atoms with Crippen LogP contribution in [0.2, 0.25) is 0 Å². The Morgan fingerprint density at radius 3 is 2.17 bits per heavy atom. The minimum atomic E-state index is -0.519. The molecule has 3 heteroatoms. The number of halogens is 1. The van der Waals surface area contributed by atoms with Crippen LogP contribution in [0.15, 0.2) is 24.3 Å². The van der Waals surface area contributed by atoms with Gasteiger partial charge >= 0.3 is 0 Å². The van der Waals surface area contributed by atoms with E-state index in [9.17, 15) is 0 Å². The molecule has 0 atom stereocenters. The van der Waals surface area contributed by atoms with E-state index in [4.69, 9.17) is 11.6 Å². The number of thiol groups is 2. The van der Waals surface area contributed by atoms with Crippen LogP contribution in [0.25, 0.3) is 0 Å². The van der Waals surface area contributed by atoms with Crippen LogP contribution in [0.1, 0.15) is 11.1 Å². The smallest absolute Gasteiger partial charge is 0.0938 e. The van der Waals surface area contributed by atoms with E-state index < -0.39 is 4.08 Å². The van der Waals surface area contributed by atoms with E-state index in [1.807, 2.05) is 31.2 Å². The number of benzene rings is 1. The molecule has 1 aromatic rings. The van der Waals surface area contributed by atoms with Gasteiger partial charge in [0.1, 0.15) is 0 Å². The molecule has 0 aliphatic heterocycles. The average molecular weight is 219 g/mol. The van der Waals surface area contributed by atoms with Crippen LogP contribution in [0.4, 0.5) is 0 Å². The lowest BCUT2D eigenvalue weighted by atomic mass is 10.1. The van der Waals surface area contributed by atoms with Crippen LogP contribution in [0, 0.1) is 6.92 Å². The Morgan fingerprint density at radius 1 is 1.25 bits per heavy atom. The molecule has 0 amide bonds. The van der Waals surface area contributed by atoms with Gasteiger partial charge in [-0.05, 0) is 12.5 Å². The molecule has 0 aliphatic rings. The maximum absolute atomic E-state index is 5.71. The van der Waals surface area contributed by atoms with Gasteiger partial charge in [-0.2, -0.15) is 25.3 Å². The highest BCUT2D eigenvalue weighted by Crippen LogP contribution is 2.33. The van der Waals surface area contributed by atoms with E-state index in [1.165, 1.54) is 5.56 Å². The highest BCUT2D eigenvalue weighted by Gasteiger charge is 2.20. The molecule has 1 rings (SSSR count). The summed E-state index contributed by atoms with van der Waals surface area (Å²) in [6.07, 6.45) is 0. The summed E-state index contributed by atoms with van der Waals surface area (Å²) < 4.78 is -0.519. The second kappa shape index (κ2) is 3.95. The van der Waals surface area contributed by atoms with Gasteiger partial charge in [0, 0.05) is 5.88 Å². The standard InChI is InChI=1S/C9H11ClS2/c1-7-2-4-8(5-3-7)9(11,12)6-10/h2-5,11-12H,6H2,1H3. The molecule has 0 N–H and O–H groups in total. The molecule has 0 aliphatic carbocycles. The number of aryl methyl sites for hydroxylation is 1. The highest BCUT2D eigenvalue weighted by molar-refractivity contribution is 7.99. The van der Waals surface area contributed by atoms with Gasteiger partial charge in [-0.15, -0.1) is 11.6 Å². The van der Waals surface area contributed by atoms with E-state index in [1.54, 1.807) is 0 Å². The summed E-state index contributed by atoms with van der Waals surface area (Å²) in [6, 6.07) is 8.06. The van der Waals surface area contributed by atoms with Crippen LogP contribution in [-0.2, 0) is 4.08 Å². The van der Waals surface area contributed by atoms with Crippen LogP contribution >= 0.6 is 36.9 Å². The summed E-state index contributed by atoms with van der Waals surface area (Å²) in [4.78, 5) is 0. The zero-order chi connectivity index (χ0) is 9.19. The summed E-state index contributed by atoms with van der Waals surface area (Å²) in [7, 11) is 0. The molecule has 66 valence electrons. The lowest BCUT2D eigenvalue weighted by Crippen LogP contribution is -2.12. The molecule has 0 radical (unpaired) electrons. The highest BCUT2D eigenvalue weighted by atomic mass is 35.5. The Labute approximate surface area is 89.1 Å². The third-order valence-electron chi connectivity index (χ3n) is 1.70. The van der Waals surface area contributed by atoms with Crippen molar-refractivity contribution in [3.05, 3.63) is 35.4 Å². The summed E-state index contributed by atoms with van der Waals surface area (Å²) in [6.45, 7) is 2.04. The second-order valence-electron chi connectivity index (χ2n) is 2.82. The molecule has 0 fully saturated rings. The van der Waals surface area contributed by atoms with Crippen molar-refractivity contribution in [1.29, 1.82) is 0 Å². The number of alkyl halides is 1. The topological polar surface area (TPSA) is 0 Å². The molecule has 12 heavy (non-hydrogen) atoms. The van der Waals surface area contributed by atoms with Crippen LogP contribution in [0.3, 0.4) is 0 Å². The summed E-state index contributed by atoms with van der Waals surface area (Å²) >= 11 is 14.4. The van der Waals surface area contributed by atoms with Gasteiger partial charge in [0.25, 0.3) is 0 Å². The van der Waals surface area contributed by atoms with Gasteiger partial charge in [-0.25, -0.2) is 0 Å². The Hall–Kier alpha value is 0.210. The van der Waals surface area contributed by atoms with Crippen molar-refractivity contribution in [2.75, 3.05) is 5.88 Å². The third-order valence-corrected chi connectivity index (χ3v) is 3.31. The molecule has 0 heterocycles. The van der Waals surface area contributed by atoms with Crippen molar-refractivity contribution in [3.63, 3.8) is 0 Å². The largest absolute Gasteiger partial charge is 0.156 e. The Morgan fingerprint density at radius 2 is 1.75 bits per heavy atom. The van der Waals surface area contributed by atoms with E-state index in [0.717, 1.165) is 5.56 Å². The predicted octanol–water partition coefficient (Wildman–Crippen LogP) is 3.25. The number of hydrogen-bond acceptors (Lipinski definition) is 2. The van der Waals surface area contributed by atoms with Gasteiger partial charge < -0.3 is 0 Å². The van der Waals surface area contributed by atoms with E-state index >= 15 is 0 Å². The molecule has 0 saturated heterocycles. The molecule has 0 bridgehead atoms. The molecule has 0 unspecified atom stereocenters. The first kappa shape index (κ1) is 10.3. The van der Waals surface area contributed by atoms with E-state index in [2.05, 4.69) is 25.3 Å². The van der Waals surface area contributed by atoms with Crippen molar-refractivity contribution in [3.8, 4) is 0 Å². The zero-order valence-electron chi connectivity index (χ0n) is 6.79. The predicted molar refractivity (Wildman–Crippen MR) is 61.5 cm³/mol. The quantitative estimate of drug-likeness (QED) is 0.425. The SMILES string of the molecule is Cc1ccc(C(S)(S)CCl)cc1.